The van der Waals surface area contributed by atoms with Gasteiger partial charge < -0.3 is 4.90 Å². The van der Waals surface area contributed by atoms with E-state index in [1.165, 1.54) is 0 Å². The van der Waals surface area contributed by atoms with Crippen LogP contribution in [0.25, 0.3) is 0 Å². The van der Waals surface area contributed by atoms with Gasteiger partial charge in [-0.1, -0.05) is 55.6 Å². The van der Waals surface area contributed by atoms with Crippen LogP contribution in [0, 0.1) is 5.41 Å². The summed E-state index contributed by atoms with van der Waals surface area (Å²) in [5, 5.41) is 0. The van der Waals surface area contributed by atoms with Crippen molar-refractivity contribution in [1.82, 2.24) is 4.90 Å². The summed E-state index contributed by atoms with van der Waals surface area (Å²) in [5.41, 5.74) is 2.51. The lowest BCUT2D eigenvalue weighted by atomic mass is 9.89. The SMILES string of the molecule is C=CC1=CC(C)(C)C(=O)N(Cc2ccccc2)CC1=C. The first-order valence-electron chi connectivity index (χ1n) is 6.81. The van der Waals surface area contributed by atoms with Crippen molar-refractivity contribution in [2.45, 2.75) is 20.4 Å². The van der Waals surface area contributed by atoms with Crippen molar-refractivity contribution in [3.8, 4) is 0 Å². The van der Waals surface area contributed by atoms with Crippen molar-refractivity contribution in [2.75, 3.05) is 6.54 Å². The quantitative estimate of drug-likeness (QED) is 0.817. The molecule has 2 nitrogen and oxygen atoms in total. The molecule has 0 saturated carbocycles. The van der Waals surface area contributed by atoms with Crippen LogP contribution in [-0.2, 0) is 11.3 Å². The summed E-state index contributed by atoms with van der Waals surface area (Å²) < 4.78 is 0. The second-order valence-electron chi connectivity index (χ2n) is 5.78. The number of hydrogen-bond acceptors (Lipinski definition) is 1. The minimum absolute atomic E-state index is 0.124. The molecule has 1 aromatic carbocycles. The van der Waals surface area contributed by atoms with Crippen LogP contribution in [0.4, 0.5) is 0 Å². The Kier molecular flexibility index (Phi) is 3.93. The van der Waals surface area contributed by atoms with E-state index in [1.54, 1.807) is 6.08 Å². The van der Waals surface area contributed by atoms with Gasteiger partial charge in [-0.25, -0.2) is 0 Å². The molecule has 20 heavy (non-hydrogen) atoms. The lowest BCUT2D eigenvalue weighted by Gasteiger charge is -2.28. The number of hydrogen-bond donors (Lipinski definition) is 0. The predicted octanol–water partition coefficient (Wildman–Crippen LogP) is 3.72. The fourth-order valence-electron chi connectivity index (χ4n) is 2.49. The summed E-state index contributed by atoms with van der Waals surface area (Å²) in [6.07, 6.45) is 3.75. The highest BCUT2D eigenvalue weighted by molar-refractivity contribution is 5.85. The molecule has 0 radical (unpaired) electrons. The molecule has 104 valence electrons. The Bertz CT molecular complexity index is 566. The van der Waals surface area contributed by atoms with Crippen molar-refractivity contribution in [3.63, 3.8) is 0 Å². The van der Waals surface area contributed by atoms with Gasteiger partial charge in [-0.3, -0.25) is 4.79 Å². The lowest BCUT2D eigenvalue weighted by Crippen LogP contribution is -2.39. The monoisotopic (exact) mass is 267 g/mol. The first-order chi connectivity index (χ1) is 9.44. The third kappa shape index (κ3) is 2.90. The van der Waals surface area contributed by atoms with E-state index in [0.717, 1.165) is 16.7 Å². The topological polar surface area (TPSA) is 20.3 Å². The van der Waals surface area contributed by atoms with E-state index in [4.69, 9.17) is 0 Å². The molecule has 0 aliphatic carbocycles. The van der Waals surface area contributed by atoms with Gasteiger partial charge in [-0.15, -0.1) is 0 Å². The zero-order valence-electron chi connectivity index (χ0n) is 12.2. The van der Waals surface area contributed by atoms with E-state index >= 15 is 0 Å². The molecule has 1 aliphatic heterocycles. The highest BCUT2D eigenvalue weighted by Crippen LogP contribution is 2.30. The maximum Gasteiger partial charge on any atom is 0.232 e. The van der Waals surface area contributed by atoms with Gasteiger partial charge in [0.1, 0.15) is 0 Å². The van der Waals surface area contributed by atoms with E-state index in [0.29, 0.717) is 13.1 Å². The van der Waals surface area contributed by atoms with Crippen LogP contribution >= 0.6 is 0 Å². The van der Waals surface area contributed by atoms with Crippen LogP contribution in [-0.4, -0.2) is 17.4 Å². The molecule has 0 spiro atoms. The Hall–Kier alpha value is -2.09. The lowest BCUT2D eigenvalue weighted by molar-refractivity contribution is -0.137. The highest BCUT2D eigenvalue weighted by atomic mass is 16.2. The molecule has 1 amide bonds. The van der Waals surface area contributed by atoms with Crippen LogP contribution in [0.5, 0.6) is 0 Å². The molecule has 0 fully saturated rings. The van der Waals surface area contributed by atoms with Crippen molar-refractivity contribution in [3.05, 3.63) is 72.4 Å². The molecular weight excluding hydrogens is 246 g/mol. The third-order valence-corrected chi connectivity index (χ3v) is 3.58. The summed E-state index contributed by atoms with van der Waals surface area (Å²) in [4.78, 5) is 14.6. The summed E-state index contributed by atoms with van der Waals surface area (Å²) in [5.74, 6) is 0.124. The average molecular weight is 267 g/mol. The number of amides is 1. The van der Waals surface area contributed by atoms with Crippen molar-refractivity contribution >= 4 is 5.91 Å². The summed E-state index contributed by atoms with van der Waals surface area (Å²) in [6, 6.07) is 10.0. The molecule has 0 aromatic heterocycles. The fraction of sp³-hybridized carbons (Fsp3) is 0.278. The normalized spacial score (nSPS) is 18.5. The van der Waals surface area contributed by atoms with Gasteiger partial charge in [-0.2, -0.15) is 0 Å². The highest BCUT2D eigenvalue weighted by Gasteiger charge is 2.33. The number of rotatable bonds is 3. The number of carbonyl (C=O) groups is 1. The van der Waals surface area contributed by atoms with Crippen molar-refractivity contribution in [2.24, 2.45) is 5.41 Å². The first-order valence-corrected chi connectivity index (χ1v) is 6.81. The molecule has 0 atom stereocenters. The van der Waals surface area contributed by atoms with Crippen LogP contribution in [0.15, 0.2) is 66.8 Å². The van der Waals surface area contributed by atoms with Crippen molar-refractivity contribution in [1.29, 1.82) is 0 Å². The van der Waals surface area contributed by atoms with Gasteiger partial charge in [0.15, 0.2) is 0 Å². The Morgan fingerprint density at radius 3 is 2.55 bits per heavy atom. The Morgan fingerprint density at radius 2 is 1.95 bits per heavy atom. The van der Waals surface area contributed by atoms with Crippen LogP contribution in [0.1, 0.15) is 19.4 Å². The van der Waals surface area contributed by atoms with Gasteiger partial charge in [0.05, 0.1) is 5.41 Å². The standard InChI is InChI=1S/C18H21NO/c1-5-16-11-18(3,4)17(20)19(12-14(16)2)13-15-9-7-6-8-10-15/h5-11H,1-2,12-13H2,3-4H3. The zero-order chi connectivity index (χ0) is 14.8. The summed E-state index contributed by atoms with van der Waals surface area (Å²) in [7, 11) is 0. The minimum atomic E-state index is -0.530. The Balaban J connectivity index is 2.30. The minimum Gasteiger partial charge on any atom is -0.333 e. The van der Waals surface area contributed by atoms with Crippen LogP contribution < -0.4 is 0 Å². The number of nitrogens with zero attached hydrogens (tertiary/aromatic N) is 1. The molecule has 2 rings (SSSR count). The Morgan fingerprint density at radius 1 is 1.30 bits per heavy atom. The second kappa shape index (κ2) is 5.49. The number of benzene rings is 1. The summed E-state index contributed by atoms with van der Waals surface area (Å²) >= 11 is 0. The predicted molar refractivity (Wildman–Crippen MR) is 83.1 cm³/mol. The fourth-order valence-corrected chi connectivity index (χ4v) is 2.49. The molecule has 1 heterocycles. The van der Waals surface area contributed by atoms with Gasteiger partial charge in [0.2, 0.25) is 5.91 Å². The second-order valence-corrected chi connectivity index (χ2v) is 5.78. The third-order valence-electron chi connectivity index (χ3n) is 3.58. The van der Waals surface area contributed by atoms with E-state index < -0.39 is 5.41 Å². The largest absolute Gasteiger partial charge is 0.333 e. The molecular formula is C18H21NO. The van der Waals surface area contributed by atoms with Gasteiger partial charge in [0, 0.05) is 13.1 Å². The molecule has 0 saturated heterocycles. The van der Waals surface area contributed by atoms with E-state index in [-0.39, 0.29) is 5.91 Å². The Labute approximate surface area is 121 Å². The van der Waals surface area contributed by atoms with E-state index in [9.17, 15) is 4.79 Å². The molecule has 1 aromatic rings. The molecule has 0 N–H and O–H groups in total. The van der Waals surface area contributed by atoms with Gasteiger partial charge >= 0.3 is 0 Å². The smallest absolute Gasteiger partial charge is 0.232 e. The molecule has 0 unspecified atom stereocenters. The molecule has 0 bridgehead atoms. The number of carbonyl (C=O) groups excluding carboxylic acids is 1. The first kappa shape index (κ1) is 14.3. The maximum atomic E-state index is 12.7. The van der Waals surface area contributed by atoms with E-state index in [2.05, 4.69) is 13.2 Å². The zero-order valence-corrected chi connectivity index (χ0v) is 12.2. The van der Waals surface area contributed by atoms with E-state index in [1.807, 2.05) is 55.2 Å². The van der Waals surface area contributed by atoms with Gasteiger partial charge in [0.25, 0.3) is 0 Å². The average Bonchev–Trinajstić information content (AvgIpc) is 2.50. The van der Waals surface area contributed by atoms with Crippen LogP contribution in [0.3, 0.4) is 0 Å². The maximum absolute atomic E-state index is 12.7. The number of allylic oxidation sites excluding steroid dienone is 1. The van der Waals surface area contributed by atoms with Gasteiger partial charge in [-0.05, 0) is 30.6 Å². The summed E-state index contributed by atoms with van der Waals surface area (Å²) in [6.45, 7) is 12.9. The van der Waals surface area contributed by atoms with Crippen LogP contribution in [0.2, 0.25) is 0 Å². The molecule has 2 heteroatoms. The molecule has 1 aliphatic rings. The van der Waals surface area contributed by atoms with Crippen molar-refractivity contribution < 1.29 is 4.79 Å².